The average Bonchev–Trinajstić information content (AvgIpc) is 2.39. The van der Waals surface area contributed by atoms with Crippen LogP contribution in [0.4, 0.5) is 0 Å². The largest absolute Gasteiger partial charge is 0.490 e. The monoisotopic (exact) mass is 267 g/mol. The molecule has 1 aromatic carbocycles. The SMILES string of the molecule is CCNCc1cccc(OCC)c1OC(C)C(C)O. The van der Waals surface area contributed by atoms with Crippen LogP contribution in [0.2, 0.25) is 0 Å². The molecule has 2 unspecified atom stereocenters. The van der Waals surface area contributed by atoms with Crippen molar-refractivity contribution in [1.82, 2.24) is 5.32 Å². The molecule has 4 nitrogen and oxygen atoms in total. The van der Waals surface area contributed by atoms with E-state index in [4.69, 9.17) is 9.47 Å². The van der Waals surface area contributed by atoms with E-state index in [2.05, 4.69) is 12.2 Å². The highest BCUT2D eigenvalue weighted by molar-refractivity contribution is 5.46. The van der Waals surface area contributed by atoms with Crippen LogP contribution in [-0.4, -0.2) is 30.5 Å². The van der Waals surface area contributed by atoms with Crippen LogP contribution in [0, 0.1) is 0 Å². The minimum Gasteiger partial charge on any atom is -0.490 e. The molecule has 0 saturated carbocycles. The smallest absolute Gasteiger partial charge is 0.166 e. The van der Waals surface area contributed by atoms with Crippen LogP contribution in [0.15, 0.2) is 18.2 Å². The number of nitrogens with one attached hydrogen (secondary N) is 1. The van der Waals surface area contributed by atoms with Crippen molar-refractivity contribution in [2.24, 2.45) is 0 Å². The van der Waals surface area contributed by atoms with Crippen LogP contribution in [0.3, 0.4) is 0 Å². The molecule has 0 heterocycles. The first-order valence-corrected chi connectivity index (χ1v) is 6.90. The Hall–Kier alpha value is -1.26. The Bertz CT molecular complexity index is 380. The molecule has 0 saturated heterocycles. The fourth-order valence-electron chi connectivity index (χ4n) is 1.65. The predicted molar refractivity (Wildman–Crippen MR) is 76.8 cm³/mol. The zero-order valence-electron chi connectivity index (χ0n) is 12.3. The number of benzene rings is 1. The lowest BCUT2D eigenvalue weighted by molar-refractivity contribution is 0.0575. The molecule has 4 heteroatoms. The highest BCUT2D eigenvalue weighted by atomic mass is 16.5. The Kier molecular flexibility index (Phi) is 6.67. The van der Waals surface area contributed by atoms with Crippen molar-refractivity contribution < 1.29 is 14.6 Å². The van der Waals surface area contributed by atoms with Gasteiger partial charge in [-0.05, 0) is 33.4 Å². The summed E-state index contributed by atoms with van der Waals surface area (Å²) in [6, 6.07) is 5.86. The van der Waals surface area contributed by atoms with Crippen molar-refractivity contribution in [2.75, 3.05) is 13.2 Å². The van der Waals surface area contributed by atoms with Gasteiger partial charge < -0.3 is 19.9 Å². The number of rotatable bonds is 8. The second-order valence-corrected chi connectivity index (χ2v) is 4.52. The van der Waals surface area contributed by atoms with E-state index in [9.17, 15) is 5.11 Å². The third-order valence-electron chi connectivity index (χ3n) is 2.91. The number of para-hydroxylation sites is 1. The molecule has 0 aromatic heterocycles. The quantitative estimate of drug-likeness (QED) is 0.759. The zero-order valence-corrected chi connectivity index (χ0v) is 12.3. The molecule has 2 atom stereocenters. The predicted octanol–water partition coefficient (Wildman–Crippen LogP) is 2.34. The Balaban J connectivity index is 2.98. The topological polar surface area (TPSA) is 50.7 Å². The van der Waals surface area contributed by atoms with Gasteiger partial charge in [-0.1, -0.05) is 19.1 Å². The van der Waals surface area contributed by atoms with Gasteiger partial charge in [0.2, 0.25) is 0 Å². The fourth-order valence-corrected chi connectivity index (χ4v) is 1.65. The summed E-state index contributed by atoms with van der Waals surface area (Å²) in [4.78, 5) is 0. The Morgan fingerprint density at radius 2 is 2.00 bits per heavy atom. The van der Waals surface area contributed by atoms with Gasteiger partial charge in [0.1, 0.15) is 6.10 Å². The normalized spacial score (nSPS) is 13.9. The molecule has 0 aliphatic rings. The average molecular weight is 267 g/mol. The Labute approximate surface area is 115 Å². The standard InChI is InChI=1S/C15H25NO3/c1-5-16-10-13-8-7-9-14(18-6-2)15(13)19-12(4)11(3)17/h7-9,11-12,16-17H,5-6,10H2,1-4H3. The number of aliphatic hydroxyl groups is 1. The van der Waals surface area contributed by atoms with E-state index in [0.29, 0.717) is 6.61 Å². The van der Waals surface area contributed by atoms with Crippen LogP contribution < -0.4 is 14.8 Å². The van der Waals surface area contributed by atoms with E-state index < -0.39 is 6.10 Å². The minimum atomic E-state index is -0.526. The van der Waals surface area contributed by atoms with Gasteiger partial charge in [-0.25, -0.2) is 0 Å². The van der Waals surface area contributed by atoms with Gasteiger partial charge in [-0.15, -0.1) is 0 Å². The maximum Gasteiger partial charge on any atom is 0.166 e. The van der Waals surface area contributed by atoms with Gasteiger partial charge in [0, 0.05) is 12.1 Å². The maximum atomic E-state index is 9.59. The number of aliphatic hydroxyl groups excluding tert-OH is 1. The number of hydrogen-bond donors (Lipinski definition) is 2. The van der Waals surface area contributed by atoms with Crippen molar-refractivity contribution in [2.45, 2.75) is 46.4 Å². The van der Waals surface area contributed by atoms with Crippen molar-refractivity contribution in [3.05, 3.63) is 23.8 Å². The molecule has 0 radical (unpaired) electrons. The van der Waals surface area contributed by atoms with Crippen LogP contribution in [0.1, 0.15) is 33.3 Å². The van der Waals surface area contributed by atoms with Crippen LogP contribution >= 0.6 is 0 Å². The van der Waals surface area contributed by atoms with Crippen molar-refractivity contribution in [3.63, 3.8) is 0 Å². The lowest BCUT2D eigenvalue weighted by atomic mass is 10.1. The molecule has 1 aromatic rings. The molecule has 0 bridgehead atoms. The Morgan fingerprint density at radius 3 is 2.58 bits per heavy atom. The van der Waals surface area contributed by atoms with E-state index in [-0.39, 0.29) is 6.10 Å². The van der Waals surface area contributed by atoms with Crippen molar-refractivity contribution in [3.8, 4) is 11.5 Å². The summed E-state index contributed by atoms with van der Waals surface area (Å²) in [5.74, 6) is 1.45. The third kappa shape index (κ3) is 4.73. The van der Waals surface area contributed by atoms with Crippen molar-refractivity contribution in [1.29, 1.82) is 0 Å². The highest BCUT2D eigenvalue weighted by Crippen LogP contribution is 2.32. The van der Waals surface area contributed by atoms with Gasteiger partial charge >= 0.3 is 0 Å². The summed E-state index contributed by atoms with van der Waals surface area (Å²) in [6.07, 6.45) is -0.802. The van der Waals surface area contributed by atoms with E-state index in [0.717, 1.165) is 30.2 Å². The van der Waals surface area contributed by atoms with Gasteiger partial charge in [-0.2, -0.15) is 0 Å². The van der Waals surface area contributed by atoms with Crippen LogP contribution in [0.25, 0.3) is 0 Å². The molecule has 0 aliphatic heterocycles. The molecule has 0 fully saturated rings. The maximum absolute atomic E-state index is 9.59. The molecule has 1 rings (SSSR count). The Morgan fingerprint density at radius 1 is 1.26 bits per heavy atom. The molecule has 0 spiro atoms. The first-order chi connectivity index (χ1) is 9.10. The molecular formula is C15H25NO3. The summed E-state index contributed by atoms with van der Waals surface area (Å²) in [5.41, 5.74) is 1.04. The lowest BCUT2D eigenvalue weighted by Gasteiger charge is -2.22. The van der Waals surface area contributed by atoms with Gasteiger partial charge in [0.05, 0.1) is 12.7 Å². The summed E-state index contributed by atoms with van der Waals surface area (Å²) in [7, 11) is 0. The summed E-state index contributed by atoms with van der Waals surface area (Å²) >= 11 is 0. The minimum absolute atomic E-state index is 0.276. The van der Waals surface area contributed by atoms with Gasteiger partial charge in [0.15, 0.2) is 11.5 Å². The van der Waals surface area contributed by atoms with E-state index in [1.54, 1.807) is 6.92 Å². The van der Waals surface area contributed by atoms with E-state index in [1.165, 1.54) is 0 Å². The van der Waals surface area contributed by atoms with E-state index >= 15 is 0 Å². The summed E-state index contributed by atoms with van der Waals surface area (Å²) in [5, 5.41) is 12.9. The van der Waals surface area contributed by atoms with Gasteiger partial charge in [0.25, 0.3) is 0 Å². The highest BCUT2D eigenvalue weighted by Gasteiger charge is 2.17. The molecule has 0 amide bonds. The van der Waals surface area contributed by atoms with Crippen LogP contribution in [-0.2, 0) is 6.54 Å². The molecule has 2 N–H and O–H groups in total. The fraction of sp³-hybridized carbons (Fsp3) is 0.600. The number of hydrogen-bond acceptors (Lipinski definition) is 4. The zero-order chi connectivity index (χ0) is 14.3. The molecule has 19 heavy (non-hydrogen) atoms. The summed E-state index contributed by atoms with van der Waals surface area (Å²) in [6.45, 7) is 9.78. The lowest BCUT2D eigenvalue weighted by Crippen LogP contribution is -2.26. The molecular weight excluding hydrogens is 242 g/mol. The first kappa shape index (κ1) is 15.8. The van der Waals surface area contributed by atoms with E-state index in [1.807, 2.05) is 32.0 Å². The molecule has 108 valence electrons. The van der Waals surface area contributed by atoms with Crippen LogP contribution in [0.5, 0.6) is 11.5 Å². The third-order valence-corrected chi connectivity index (χ3v) is 2.91. The van der Waals surface area contributed by atoms with Crippen molar-refractivity contribution >= 4 is 0 Å². The molecule has 0 aliphatic carbocycles. The number of ether oxygens (including phenoxy) is 2. The van der Waals surface area contributed by atoms with Gasteiger partial charge in [-0.3, -0.25) is 0 Å². The second kappa shape index (κ2) is 8.02. The second-order valence-electron chi connectivity index (χ2n) is 4.52. The first-order valence-electron chi connectivity index (χ1n) is 6.90. The summed E-state index contributed by atoms with van der Waals surface area (Å²) < 4.78 is 11.5.